The number of terminal acetylenes is 1. The summed E-state index contributed by atoms with van der Waals surface area (Å²) in [6, 6.07) is 2.06. The Hall–Kier alpha value is -0.930. The van der Waals surface area contributed by atoms with Crippen molar-refractivity contribution < 1.29 is 17.9 Å². The number of likely N-dealkylation sites (N-methyl/N-ethyl adjacent to an activating group) is 1. The number of benzene rings is 1. The van der Waals surface area contributed by atoms with Gasteiger partial charge in [0, 0.05) is 12.6 Å². The van der Waals surface area contributed by atoms with Crippen molar-refractivity contribution in [1.82, 2.24) is 4.90 Å². The van der Waals surface area contributed by atoms with Gasteiger partial charge >= 0.3 is 0 Å². The van der Waals surface area contributed by atoms with Crippen LogP contribution >= 0.6 is 46.4 Å². The number of halogens is 7. The quantitative estimate of drug-likeness (QED) is 0.370. The Kier molecular flexibility index (Phi) is 5.76. The van der Waals surface area contributed by atoms with E-state index in [0.29, 0.717) is 0 Å². The molecule has 0 aliphatic carbocycles. The van der Waals surface area contributed by atoms with Crippen LogP contribution in [0.4, 0.5) is 13.2 Å². The average Bonchev–Trinajstić information content (AvgIpc) is 2.69. The van der Waals surface area contributed by atoms with E-state index >= 15 is 0 Å². The van der Waals surface area contributed by atoms with Crippen LogP contribution in [0.15, 0.2) is 22.3 Å². The van der Waals surface area contributed by atoms with Gasteiger partial charge in [0.05, 0.1) is 16.0 Å². The Balaban J connectivity index is 2.62. The van der Waals surface area contributed by atoms with Crippen LogP contribution in [0.3, 0.4) is 0 Å². The monoisotopic (exact) mass is 417 g/mol. The smallest absolute Gasteiger partial charge is 0.276 e. The third kappa shape index (κ3) is 3.01. The van der Waals surface area contributed by atoms with Crippen LogP contribution in [0.1, 0.15) is 11.5 Å². The van der Waals surface area contributed by atoms with Crippen molar-refractivity contribution in [2.45, 2.75) is 17.3 Å². The van der Waals surface area contributed by atoms with E-state index in [9.17, 15) is 13.2 Å². The molecule has 2 atom stereocenters. The van der Waals surface area contributed by atoms with Gasteiger partial charge < -0.3 is 9.64 Å². The molecular formula is C15H10Cl4F3NO. The molecule has 24 heavy (non-hydrogen) atoms. The molecule has 130 valence electrons. The van der Waals surface area contributed by atoms with Gasteiger partial charge in [-0.25, -0.2) is 13.2 Å². The number of hydrogen-bond donors (Lipinski definition) is 0. The molecule has 0 saturated carbocycles. The van der Waals surface area contributed by atoms with Crippen LogP contribution in [-0.4, -0.2) is 30.0 Å². The summed E-state index contributed by atoms with van der Waals surface area (Å²) in [5, 5.41) is -0.475. The summed E-state index contributed by atoms with van der Waals surface area (Å²) in [4.78, 5) is -1.45. The molecule has 0 aromatic heterocycles. The van der Waals surface area contributed by atoms with Gasteiger partial charge in [-0.2, -0.15) is 0 Å². The standard InChI is InChI=1S/C15H10Cl4F3NO/c1-3-4-24-10-5-7(9(20)6-8(10)16)11-12(17)13(18)23(2)15(11,19)14(21)22/h1,5-6,11,14H,4H2,2H3. The topological polar surface area (TPSA) is 12.5 Å². The van der Waals surface area contributed by atoms with E-state index in [1.165, 1.54) is 7.05 Å². The fourth-order valence-electron chi connectivity index (χ4n) is 2.42. The van der Waals surface area contributed by atoms with Gasteiger partial charge in [-0.1, -0.05) is 52.3 Å². The van der Waals surface area contributed by atoms with Crippen molar-refractivity contribution >= 4 is 46.4 Å². The Labute approximate surface area is 157 Å². The Morgan fingerprint density at radius 1 is 1.38 bits per heavy atom. The maximum Gasteiger partial charge on any atom is 0.276 e. The zero-order valence-corrected chi connectivity index (χ0v) is 15.1. The molecule has 2 nitrogen and oxygen atoms in total. The van der Waals surface area contributed by atoms with Gasteiger partial charge in [-0.05, 0) is 12.1 Å². The van der Waals surface area contributed by atoms with Gasteiger partial charge in [-0.15, -0.1) is 6.42 Å². The number of ether oxygens (including phenoxy) is 1. The van der Waals surface area contributed by atoms with Crippen molar-refractivity contribution in [3.05, 3.63) is 38.7 Å². The van der Waals surface area contributed by atoms with Crippen LogP contribution in [0.25, 0.3) is 0 Å². The second-order valence-corrected chi connectivity index (χ2v) is 6.73. The van der Waals surface area contributed by atoms with E-state index in [1.807, 2.05) is 0 Å². The normalized spacial score (nSPS) is 23.8. The van der Waals surface area contributed by atoms with Gasteiger partial charge in [0.25, 0.3) is 6.43 Å². The highest BCUT2D eigenvalue weighted by atomic mass is 35.5. The molecule has 0 saturated heterocycles. The second kappa shape index (κ2) is 7.13. The molecule has 2 rings (SSSR count). The maximum absolute atomic E-state index is 14.4. The van der Waals surface area contributed by atoms with E-state index in [0.717, 1.165) is 17.0 Å². The SMILES string of the molecule is C#CCOc1cc(C2C(Cl)=C(Cl)N(C)C2(Cl)C(F)F)c(F)cc1Cl. The van der Waals surface area contributed by atoms with Crippen LogP contribution in [0.5, 0.6) is 5.75 Å². The van der Waals surface area contributed by atoms with Gasteiger partial charge in [0.15, 0.2) is 5.00 Å². The molecule has 0 bridgehead atoms. The first-order valence-electron chi connectivity index (χ1n) is 6.47. The van der Waals surface area contributed by atoms with Crippen LogP contribution in [0, 0.1) is 18.2 Å². The number of alkyl halides is 3. The number of hydrogen-bond acceptors (Lipinski definition) is 2. The third-order valence-electron chi connectivity index (χ3n) is 3.64. The fourth-order valence-corrected chi connectivity index (χ4v) is 3.70. The first kappa shape index (κ1) is 19.4. The zero-order valence-electron chi connectivity index (χ0n) is 12.1. The summed E-state index contributed by atoms with van der Waals surface area (Å²) in [5.41, 5.74) is -0.228. The van der Waals surface area contributed by atoms with Crippen molar-refractivity contribution in [2.24, 2.45) is 0 Å². The van der Waals surface area contributed by atoms with Gasteiger partial charge in [-0.3, -0.25) is 0 Å². The molecule has 1 aromatic carbocycles. The Bertz CT molecular complexity index is 734. The molecule has 1 aromatic rings. The molecular weight excluding hydrogens is 409 g/mol. The molecule has 0 radical (unpaired) electrons. The molecule has 1 aliphatic heterocycles. The molecule has 1 aliphatic rings. The lowest BCUT2D eigenvalue weighted by Gasteiger charge is -2.36. The lowest BCUT2D eigenvalue weighted by Crippen LogP contribution is -2.47. The summed E-state index contributed by atoms with van der Waals surface area (Å²) in [5.74, 6) is -0.0589. The maximum atomic E-state index is 14.4. The van der Waals surface area contributed by atoms with Crippen LogP contribution in [-0.2, 0) is 0 Å². The molecule has 0 amide bonds. The van der Waals surface area contributed by atoms with Crippen molar-refractivity contribution in [3.8, 4) is 18.1 Å². The molecule has 0 spiro atoms. The first-order valence-corrected chi connectivity index (χ1v) is 7.98. The molecule has 1 heterocycles. The lowest BCUT2D eigenvalue weighted by atomic mass is 9.91. The first-order chi connectivity index (χ1) is 11.2. The third-order valence-corrected chi connectivity index (χ3v) is 5.53. The second-order valence-electron chi connectivity index (χ2n) is 4.96. The van der Waals surface area contributed by atoms with Crippen LogP contribution in [0.2, 0.25) is 5.02 Å². The van der Waals surface area contributed by atoms with E-state index in [4.69, 9.17) is 57.6 Å². The largest absolute Gasteiger partial charge is 0.479 e. The van der Waals surface area contributed by atoms with E-state index in [1.54, 1.807) is 0 Å². The van der Waals surface area contributed by atoms with E-state index in [2.05, 4.69) is 5.92 Å². The number of nitrogens with zero attached hydrogens (tertiary/aromatic N) is 1. The molecule has 0 N–H and O–H groups in total. The van der Waals surface area contributed by atoms with Gasteiger partial charge in [0.1, 0.15) is 23.3 Å². The van der Waals surface area contributed by atoms with Crippen molar-refractivity contribution in [1.29, 1.82) is 0 Å². The highest BCUT2D eigenvalue weighted by Gasteiger charge is 2.57. The Morgan fingerprint density at radius 3 is 2.54 bits per heavy atom. The lowest BCUT2D eigenvalue weighted by molar-refractivity contribution is 0.0297. The highest BCUT2D eigenvalue weighted by molar-refractivity contribution is 6.42. The zero-order chi connectivity index (χ0) is 18.2. The molecule has 2 unspecified atom stereocenters. The molecule has 9 heteroatoms. The molecule has 0 fully saturated rings. The summed E-state index contributed by atoms with van der Waals surface area (Å²) < 4.78 is 46.9. The van der Waals surface area contributed by atoms with Gasteiger partial charge in [0.2, 0.25) is 0 Å². The minimum Gasteiger partial charge on any atom is -0.479 e. The summed E-state index contributed by atoms with van der Waals surface area (Å²) in [6.07, 6.45) is 2.01. The summed E-state index contributed by atoms with van der Waals surface area (Å²) >= 11 is 24.0. The van der Waals surface area contributed by atoms with E-state index < -0.39 is 23.2 Å². The predicted molar refractivity (Wildman–Crippen MR) is 89.6 cm³/mol. The highest BCUT2D eigenvalue weighted by Crippen LogP contribution is 2.56. The minimum absolute atomic E-state index is 0.0226. The summed E-state index contributed by atoms with van der Waals surface area (Å²) in [6.45, 7) is -0.138. The van der Waals surface area contributed by atoms with Crippen molar-refractivity contribution in [3.63, 3.8) is 0 Å². The van der Waals surface area contributed by atoms with E-state index in [-0.39, 0.29) is 33.1 Å². The predicted octanol–water partition coefficient (Wildman–Crippen LogP) is 5.37. The number of rotatable bonds is 4. The average molecular weight is 419 g/mol. The van der Waals surface area contributed by atoms with Crippen LogP contribution < -0.4 is 4.74 Å². The minimum atomic E-state index is -3.08. The summed E-state index contributed by atoms with van der Waals surface area (Å²) in [7, 11) is 1.24. The van der Waals surface area contributed by atoms with Crippen molar-refractivity contribution in [2.75, 3.05) is 13.7 Å². The fraction of sp³-hybridized carbons (Fsp3) is 0.333. The Morgan fingerprint density at radius 2 is 2.00 bits per heavy atom.